The van der Waals surface area contributed by atoms with E-state index in [2.05, 4.69) is 55.3 Å². The zero-order chi connectivity index (χ0) is 29.3. The first-order valence-corrected chi connectivity index (χ1v) is 15.4. The van der Waals surface area contributed by atoms with Crippen molar-refractivity contribution >= 4 is 5.91 Å². The van der Waals surface area contributed by atoms with Crippen LogP contribution in [0.4, 0.5) is 0 Å². The van der Waals surface area contributed by atoms with Crippen LogP contribution in [-0.4, -0.2) is 41.1 Å². The summed E-state index contributed by atoms with van der Waals surface area (Å²) < 4.78 is 13.3. The summed E-state index contributed by atoms with van der Waals surface area (Å²) in [5, 5.41) is 12.5. The van der Waals surface area contributed by atoms with E-state index in [-0.39, 0.29) is 24.7 Å². The lowest BCUT2D eigenvalue weighted by atomic mass is 9.65. The summed E-state index contributed by atoms with van der Waals surface area (Å²) in [6.45, 7) is 9.83. The van der Waals surface area contributed by atoms with Crippen LogP contribution >= 0.6 is 0 Å². The molecule has 2 heterocycles. The number of likely N-dealkylation sites (tertiary alicyclic amines) is 1. The third-order valence-corrected chi connectivity index (χ3v) is 9.32. The Morgan fingerprint density at radius 3 is 2.31 bits per heavy atom. The Morgan fingerprint density at radius 2 is 1.60 bits per heavy atom. The summed E-state index contributed by atoms with van der Waals surface area (Å²) in [7, 11) is 0. The molecule has 222 valence electrons. The minimum Gasteiger partial charge on any atom is -0.392 e. The van der Waals surface area contributed by atoms with Crippen molar-refractivity contribution in [2.75, 3.05) is 13.1 Å². The van der Waals surface area contributed by atoms with Gasteiger partial charge in [-0.3, -0.25) is 9.69 Å². The fraction of sp³-hybridized carbons (Fsp3) is 0.472. The van der Waals surface area contributed by atoms with E-state index in [0.717, 1.165) is 41.8 Å². The van der Waals surface area contributed by atoms with Gasteiger partial charge in [0.25, 0.3) is 5.91 Å². The number of amides is 1. The zero-order valence-electron chi connectivity index (χ0n) is 25.1. The molecule has 42 heavy (non-hydrogen) atoms. The third kappa shape index (κ3) is 6.63. The standard InChI is InChI=1S/C36H44N2O4/c1-35(2)18-30-19-36(3,23-35)24-38(30)21-31-17-32(27-13-11-26(22-39)12-14-27)42-34(41-31)29-15-9-25(10-16-29)20-37-33(40)28-7-5-4-6-8-28/h4-16,30-32,34,39H,17-24H2,1-3H3,(H,37,40)/t30?,31-,32+,34+,36?/m0/s1. The van der Waals surface area contributed by atoms with Gasteiger partial charge < -0.3 is 19.9 Å². The van der Waals surface area contributed by atoms with E-state index >= 15 is 0 Å². The van der Waals surface area contributed by atoms with Crippen LogP contribution in [0, 0.1) is 10.8 Å². The second-order valence-corrected chi connectivity index (χ2v) is 13.8. The molecule has 2 unspecified atom stereocenters. The second-order valence-electron chi connectivity index (χ2n) is 13.8. The quantitative estimate of drug-likeness (QED) is 0.322. The number of aliphatic hydroxyl groups is 1. The summed E-state index contributed by atoms with van der Waals surface area (Å²) in [4.78, 5) is 15.2. The largest absolute Gasteiger partial charge is 0.392 e. The topological polar surface area (TPSA) is 71.0 Å². The van der Waals surface area contributed by atoms with Crippen molar-refractivity contribution in [2.45, 2.75) is 84.1 Å². The number of ether oxygens (including phenoxy) is 2. The molecule has 5 atom stereocenters. The summed E-state index contributed by atoms with van der Waals surface area (Å²) >= 11 is 0. The molecule has 2 bridgehead atoms. The maximum Gasteiger partial charge on any atom is 0.251 e. The second kappa shape index (κ2) is 11.9. The van der Waals surface area contributed by atoms with E-state index in [1.165, 1.54) is 19.3 Å². The number of carbonyl (C=O) groups is 1. The first-order valence-electron chi connectivity index (χ1n) is 15.4. The van der Waals surface area contributed by atoms with Gasteiger partial charge in [-0.05, 0) is 58.9 Å². The highest BCUT2D eigenvalue weighted by atomic mass is 16.7. The highest BCUT2D eigenvalue weighted by molar-refractivity contribution is 5.94. The Labute approximate surface area is 250 Å². The predicted octanol–water partition coefficient (Wildman–Crippen LogP) is 6.55. The number of aliphatic hydroxyl groups excluding tert-OH is 1. The summed E-state index contributed by atoms with van der Waals surface area (Å²) in [6.07, 6.45) is 4.06. The molecule has 1 aliphatic carbocycles. The molecule has 6 heteroatoms. The monoisotopic (exact) mass is 568 g/mol. The van der Waals surface area contributed by atoms with Gasteiger partial charge in [0.05, 0.1) is 18.8 Å². The number of carbonyl (C=O) groups excluding carboxylic acids is 1. The van der Waals surface area contributed by atoms with Gasteiger partial charge in [0, 0.05) is 43.2 Å². The Balaban J connectivity index is 1.16. The SMILES string of the molecule is CC1(C)CC2CC(C)(CN2C[C@@H]2C[C@H](c3ccc(CO)cc3)O[C@H](c3ccc(CNC(=O)c4ccccc4)cc3)O2)C1. The molecule has 3 aromatic carbocycles. The van der Waals surface area contributed by atoms with Gasteiger partial charge in [-0.25, -0.2) is 0 Å². The number of hydrogen-bond donors (Lipinski definition) is 2. The molecule has 3 aromatic rings. The number of rotatable bonds is 8. The van der Waals surface area contributed by atoms with Crippen molar-refractivity contribution in [3.8, 4) is 0 Å². The van der Waals surface area contributed by atoms with E-state index < -0.39 is 6.29 Å². The lowest BCUT2D eigenvalue weighted by molar-refractivity contribution is -0.253. The molecule has 1 amide bonds. The van der Waals surface area contributed by atoms with E-state index in [1.807, 2.05) is 54.6 Å². The number of nitrogens with zero attached hydrogens (tertiary/aromatic N) is 1. The molecule has 2 saturated heterocycles. The molecule has 6 rings (SSSR count). The first kappa shape index (κ1) is 29.1. The van der Waals surface area contributed by atoms with E-state index in [9.17, 15) is 9.90 Å². The Hall–Kier alpha value is -3.03. The van der Waals surface area contributed by atoms with Crippen LogP contribution in [0.5, 0.6) is 0 Å². The normalized spacial score (nSPS) is 28.9. The van der Waals surface area contributed by atoms with Crippen LogP contribution in [0.25, 0.3) is 0 Å². The maximum atomic E-state index is 12.5. The van der Waals surface area contributed by atoms with Gasteiger partial charge in [0.15, 0.2) is 6.29 Å². The highest BCUT2D eigenvalue weighted by Gasteiger charge is 2.50. The fourth-order valence-corrected chi connectivity index (χ4v) is 7.75. The molecule has 3 fully saturated rings. The van der Waals surface area contributed by atoms with Crippen LogP contribution < -0.4 is 5.32 Å². The maximum absolute atomic E-state index is 12.5. The summed E-state index contributed by atoms with van der Waals surface area (Å²) in [5.74, 6) is -0.0832. The van der Waals surface area contributed by atoms with Crippen molar-refractivity contribution in [2.24, 2.45) is 10.8 Å². The van der Waals surface area contributed by atoms with Crippen molar-refractivity contribution in [3.05, 3.63) is 107 Å². The van der Waals surface area contributed by atoms with Crippen LogP contribution in [0.1, 0.15) is 91.5 Å². The van der Waals surface area contributed by atoms with Gasteiger partial charge >= 0.3 is 0 Å². The van der Waals surface area contributed by atoms with Gasteiger partial charge in [-0.1, -0.05) is 87.5 Å². The number of benzene rings is 3. The molecule has 6 nitrogen and oxygen atoms in total. The van der Waals surface area contributed by atoms with Gasteiger partial charge in [0.2, 0.25) is 0 Å². The van der Waals surface area contributed by atoms with Crippen LogP contribution in [-0.2, 0) is 22.6 Å². The van der Waals surface area contributed by atoms with Crippen molar-refractivity contribution < 1.29 is 19.4 Å². The minimum atomic E-state index is -0.478. The lowest BCUT2D eigenvalue weighted by Crippen LogP contribution is -2.42. The van der Waals surface area contributed by atoms with Crippen LogP contribution in [0.2, 0.25) is 0 Å². The molecule has 3 aliphatic rings. The molecular weight excluding hydrogens is 524 g/mol. The summed E-state index contributed by atoms with van der Waals surface area (Å²) in [6, 6.07) is 26.1. The fourth-order valence-electron chi connectivity index (χ4n) is 7.75. The van der Waals surface area contributed by atoms with Gasteiger partial charge in [-0.2, -0.15) is 0 Å². The smallest absolute Gasteiger partial charge is 0.251 e. The van der Waals surface area contributed by atoms with Crippen LogP contribution in [0.15, 0.2) is 78.9 Å². The van der Waals surface area contributed by atoms with E-state index in [1.54, 1.807) is 0 Å². The molecule has 2 N–H and O–H groups in total. The van der Waals surface area contributed by atoms with Gasteiger partial charge in [0.1, 0.15) is 0 Å². The number of nitrogens with one attached hydrogen (secondary N) is 1. The lowest BCUT2D eigenvalue weighted by Gasteiger charge is -2.41. The average Bonchev–Trinajstić information content (AvgIpc) is 3.23. The third-order valence-electron chi connectivity index (χ3n) is 9.32. The molecule has 0 aromatic heterocycles. The van der Waals surface area contributed by atoms with Gasteiger partial charge in [-0.15, -0.1) is 0 Å². The molecule has 2 aliphatic heterocycles. The van der Waals surface area contributed by atoms with Crippen molar-refractivity contribution in [1.82, 2.24) is 10.2 Å². The Morgan fingerprint density at radius 1 is 0.905 bits per heavy atom. The summed E-state index contributed by atoms with van der Waals surface area (Å²) in [5.41, 5.74) is 5.41. The van der Waals surface area contributed by atoms with E-state index in [0.29, 0.717) is 29.0 Å². The molecule has 1 saturated carbocycles. The minimum absolute atomic E-state index is 0.0315. The first-order chi connectivity index (χ1) is 20.2. The van der Waals surface area contributed by atoms with Crippen molar-refractivity contribution in [3.63, 3.8) is 0 Å². The predicted molar refractivity (Wildman–Crippen MR) is 164 cm³/mol. The Kier molecular flexibility index (Phi) is 8.25. The van der Waals surface area contributed by atoms with Crippen LogP contribution in [0.3, 0.4) is 0 Å². The van der Waals surface area contributed by atoms with Crippen molar-refractivity contribution in [1.29, 1.82) is 0 Å². The highest BCUT2D eigenvalue weighted by Crippen LogP contribution is 2.53. The number of hydrogen-bond acceptors (Lipinski definition) is 5. The molecule has 0 radical (unpaired) electrons. The number of fused-ring (bicyclic) bond motifs is 2. The molecular formula is C36H44N2O4. The average molecular weight is 569 g/mol. The van der Waals surface area contributed by atoms with E-state index in [4.69, 9.17) is 9.47 Å². The Bertz CT molecular complexity index is 1360. The molecule has 0 spiro atoms. The zero-order valence-corrected chi connectivity index (χ0v) is 25.1.